The van der Waals surface area contributed by atoms with Crippen molar-refractivity contribution >= 4 is 5.82 Å². The minimum absolute atomic E-state index is 0.106. The molecule has 0 aliphatic rings. The van der Waals surface area contributed by atoms with Crippen molar-refractivity contribution in [1.82, 2.24) is 9.97 Å². The maximum atomic E-state index is 5.41. The zero-order valence-electron chi connectivity index (χ0n) is 11.0. The monoisotopic (exact) mass is 238 g/mol. The molecule has 0 bridgehead atoms. The van der Waals surface area contributed by atoms with Crippen LogP contribution in [0.2, 0.25) is 0 Å². The second kappa shape index (κ2) is 6.51. The van der Waals surface area contributed by atoms with Crippen molar-refractivity contribution in [3.8, 4) is 0 Å². The van der Waals surface area contributed by atoms with Gasteiger partial charge in [-0.1, -0.05) is 13.8 Å². The van der Waals surface area contributed by atoms with Gasteiger partial charge in [0.05, 0.1) is 6.10 Å². The number of methoxy groups -OCH3 is 1. The molecule has 96 valence electrons. The third-order valence-electron chi connectivity index (χ3n) is 2.46. The van der Waals surface area contributed by atoms with E-state index in [0.29, 0.717) is 18.2 Å². The number of hydrogen-bond acceptors (Lipinski definition) is 5. The maximum absolute atomic E-state index is 5.41. The van der Waals surface area contributed by atoms with Gasteiger partial charge in [-0.2, -0.15) is 0 Å². The van der Waals surface area contributed by atoms with Gasteiger partial charge in [0.1, 0.15) is 11.6 Å². The summed E-state index contributed by atoms with van der Waals surface area (Å²) in [5.74, 6) is 7.40. The second-order valence-electron chi connectivity index (χ2n) is 4.65. The zero-order chi connectivity index (χ0) is 12.8. The van der Waals surface area contributed by atoms with E-state index in [1.54, 1.807) is 7.11 Å². The molecule has 1 unspecified atom stereocenters. The highest BCUT2D eigenvalue weighted by Gasteiger charge is 2.09. The first-order chi connectivity index (χ1) is 8.05. The standard InChI is InChI=1S/C12H22N4O/c1-8(2)5-10-7-12(16-13)15-11(14-10)6-9(3)17-4/h7-9H,5-6,13H2,1-4H3,(H,14,15,16). The van der Waals surface area contributed by atoms with Gasteiger partial charge in [0.25, 0.3) is 0 Å². The van der Waals surface area contributed by atoms with Crippen LogP contribution in [0.3, 0.4) is 0 Å². The number of nitrogen functional groups attached to an aromatic ring is 1. The number of anilines is 1. The molecule has 1 aromatic heterocycles. The number of nitrogens with two attached hydrogens (primary N) is 1. The first-order valence-corrected chi connectivity index (χ1v) is 5.91. The van der Waals surface area contributed by atoms with E-state index in [1.807, 2.05) is 13.0 Å². The fourth-order valence-electron chi connectivity index (χ4n) is 1.58. The number of nitrogens with one attached hydrogen (secondary N) is 1. The molecule has 1 rings (SSSR count). The molecule has 0 aliphatic heterocycles. The Hall–Kier alpha value is -1.20. The average Bonchev–Trinajstić information content (AvgIpc) is 2.27. The lowest BCUT2D eigenvalue weighted by Gasteiger charge is -2.12. The van der Waals surface area contributed by atoms with Gasteiger partial charge in [0.15, 0.2) is 0 Å². The van der Waals surface area contributed by atoms with Gasteiger partial charge in [0, 0.05) is 25.3 Å². The molecule has 1 aromatic rings. The van der Waals surface area contributed by atoms with Crippen LogP contribution in [-0.2, 0) is 17.6 Å². The van der Waals surface area contributed by atoms with Crippen molar-refractivity contribution in [2.24, 2.45) is 11.8 Å². The Morgan fingerprint density at radius 1 is 1.29 bits per heavy atom. The van der Waals surface area contributed by atoms with Crippen molar-refractivity contribution in [3.63, 3.8) is 0 Å². The molecule has 17 heavy (non-hydrogen) atoms. The summed E-state index contributed by atoms with van der Waals surface area (Å²) in [6.45, 7) is 6.32. The molecule has 0 aliphatic carbocycles. The lowest BCUT2D eigenvalue weighted by Crippen LogP contribution is -2.16. The molecule has 5 nitrogen and oxygen atoms in total. The lowest BCUT2D eigenvalue weighted by molar-refractivity contribution is 0.117. The van der Waals surface area contributed by atoms with Crippen LogP contribution in [0.4, 0.5) is 5.82 Å². The van der Waals surface area contributed by atoms with Crippen LogP contribution in [0.1, 0.15) is 32.3 Å². The maximum Gasteiger partial charge on any atom is 0.143 e. The van der Waals surface area contributed by atoms with Crippen LogP contribution in [0.25, 0.3) is 0 Å². The quantitative estimate of drug-likeness (QED) is 0.581. The Morgan fingerprint density at radius 3 is 2.53 bits per heavy atom. The predicted molar refractivity (Wildman–Crippen MR) is 68.6 cm³/mol. The smallest absolute Gasteiger partial charge is 0.143 e. The first kappa shape index (κ1) is 13.9. The van der Waals surface area contributed by atoms with E-state index in [9.17, 15) is 0 Å². The van der Waals surface area contributed by atoms with Crippen LogP contribution in [0, 0.1) is 5.92 Å². The van der Waals surface area contributed by atoms with E-state index in [0.717, 1.165) is 17.9 Å². The van der Waals surface area contributed by atoms with Gasteiger partial charge in [-0.05, 0) is 19.3 Å². The van der Waals surface area contributed by atoms with Crippen molar-refractivity contribution < 1.29 is 4.74 Å². The van der Waals surface area contributed by atoms with E-state index < -0.39 is 0 Å². The summed E-state index contributed by atoms with van der Waals surface area (Å²) in [6, 6.07) is 1.89. The minimum Gasteiger partial charge on any atom is -0.381 e. The normalized spacial score (nSPS) is 12.8. The molecule has 3 N–H and O–H groups in total. The van der Waals surface area contributed by atoms with Gasteiger partial charge < -0.3 is 10.2 Å². The Morgan fingerprint density at radius 2 is 2.00 bits per heavy atom. The molecule has 5 heteroatoms. The highest BCUT2D eigenvalue weighted by atomic mass is 16.5. The van der Waals surface area contributed by atoms with Crippen molar-refractivity contribution in [2.75, 3.05) is 12.5 Å². The first-order valence-electron chi connectivity index (χ1n) is 5.91. The molecule has 0 saturated heterocycles. The van der Waals surface area contributed by atoms with Gasteiger partial charge in [-0.15, -0.1) is 0 Å². The van der Waals surface area contributed by atoms with Crippen molar-refractivity contribution in [3.05, 3.63) is 17.6 Å². The molecule has 1 heterocycles. The average molecular weight is 238 g/mol. The Bertz CT molecular complexity index is 354. The van der Waals surface area contributed by atoms with E-state index in [2.05, 4.69) is 29.2 Å². The lowest BCUT2D eigenvalue weighted by atomic mass is 10.1. The zero-order valence-corrected chi connectivity index (χ0v) is 11.0. The van der Waals surface area contributed by atoms with E-state index in [1.165, 1.54) is 0 Å². The molecule has 0 aromatic carbocycles. The number of rotatable bonds is 6. The molecule has 0 radical (unpaired) electrons. The van der Waals surface area contributed by atoms with Gasteiger partial charge >= 0.3 is 0 Å². The van der Waals surface area contributed by atoms with E-state index in [4.69, 9.17) is 10.6 Å². The minimum atomic E-state index is 0.106. The Labute approximate surface area is 103 Å². The van der Waals surface area contributed by atoms with E-state index >= 15 is 0 Å². The largest absolute Gasteiger partial charge is 0.381 e. The fraction of sp³-hybridized carbons (Fsp3) is 0.667. The second-order valence-corrected chi connectivity index (χ2v) is 4.65. The number of ether oxygens (including phenoxy) is 1. The summed E-state index contributed by atoms with van der Waals surface area (Å²) in [7, 11) is 1.69. The fourth-order valence-corrected chi connectivity index (χ4v) is 1.58. The molecule has 0 amide bonds. The van der Waals surface area contributed by atoms with Crippen LogP contribution in [0.15, 0.2) is 6.07 Å². The molecule has 0 spiro atoms. The van der Waals surface area contributed by atoms with E-state index in [-0.39, 0.29) is 6.10 Å². The molecule has 0 saturated carbocycles. The van der Waals surface area contributed by atoms with Crippen LogP contribution >= 0.6 is 0 Å². The summed E-state index contributed by atoms with van der Waals surface area (Å²) in [5.41, 5.74) is 3.60. The highest BCUT2D eigenvalue weighted by molar-refractivity contribution is 5.34. The predicted octanol–water partition coefficient (Wildman–Crippen LogP) is 1.54. The molecule has 0 fully saturated rings. The summed E-state index contributed by atoms with van der Waals surface area (Å²) in [5, 5.41) is 0. The third-order valence-corrected chi connectivity index (χ3v) is 2.46. The summed E-state index contributed by atoms with van der Waals surface area (Å²) < 4.78 is 5.22. The van der Waals surface area contributed by atoms with Crippen LogP contribution in [0.5, 0.6) is 0 Å². The number of hydrogen-bond donors (Lipinski definition) is 2. The topological polar surface area (TPSA) is 73.1 Å². The summed E-state index contributed by atoms with van der Waals surface area (Å²) >= 11 is 0. The Balaban J connectivity index is 2.88. The molecule has 1 atom stereocenters. The van der Waals surface area contributed by atoms with Crippen molar-refractivity contribution in [2.45, 2.75) is 39.7 Å². The van der Waals surface area contributed by atoms with Gasteiger partial charge in [-0.3, -0.25) is 0 Å². The molecular weight excluding hydrogens is 216 g/mol. The van der Waals surface area contributed by atoms with Crippen LogP contribution < -0.4 is 11.3 Å². The van der Waals surface area contributed by atoms with Crippen molar-refractivity contribution in [1.29, 1.82) is 0 Å². The summed E-state index contributed by atoms with van der Waals surface area (Å²) in [6.07, 6.45) is 1.72. The van der Waals surface area contributed by atoms with Gasteiger partial charge in [0.2, 0.25) is 0 Å². The third kappa shape index (κ3) is 4.66. The number of hydrazine groups is 1. The Kier molecular flexibility index (Phi) is 5.31. The highest BCUT2D eigenvalue weighted by Crippen LogP contribution is 2.12. The van der Waals surface area contributed by atoms with Crippen LogP contribution in [-0.4, -0.2) is 23.2 Å². The van der Waals surface area contributed by atoms with Gasteiger partial charge in [-0.25, -0.2) is 15.8 Å². The SMILES string of the molecule is COC(C)Cc1nc(CC(C)C)cc(NN)n1. The number of aromatic nitrogens is 2. The summed E-state index contributed by atoms with van der Waals surface area (Å²) in [4.78, 5) is 8.84. The molecular formula is C12H22N4O. The number of nitrogens with zero attached hydrogens (tertiary/aromatic N) is 2.